The molecule has 2 aliphatic heterocycles. The van der Waals surface area contributed by atoms with Crippen LogP contribution in [0.4, 0.5) is 4.39 Å². The molecule has 2 fully saturated rings. The highest BCUT2D eigenvalue weighted by atomic mass is 35.5. The highest BCUT2D eigenvalue weighted by Gasteiger charge is 2.43. The number of carbonyl (C=O) groups is 1. The third-order valence-electron chi connectivity index (χ3n) is 4.09. The van der Waals surface area contributed by atoms with Crippen LogP contribution < -0.4 is 0 Å². The van der Waals surface area contributed by atoms with E-state index in [1.807, 2.05) is 4.90 Å². The van der Waals surface area contributed by atoms with Gasteiger partial charge in [0.25, 0.3) is 5.91 Å². The van der Waals surface area contributed by atoms with Crippen molar-refractivity contribution in [1.82, 2.24) is 4.90 Å². The molecule has 0 saturated carbocycles. The number of hydrogen-bond acceptors (Lipinski definition) is 1. The van der Waals surface area contributed by atoms with E-state index < -0.39 is 5.82 Å². The summed E-state index contributed by atoms with van der Waals surface area (Å²) in [6.07, 6.45) is 3.59. The Morgan fingerprint density at radius 3 is 2.53 bits per heavy atom. The summed E-state index contributed by atoms with van der Waals surface area (Å²) < 4.78 is 13.5. The zero-order chi connectivity index (χ0) is 13.6. The fourth-order valence-corrected chi connectivity index (χ4v) is 3.87. The molecule has 0 spiro atoms. The van der Waals surface area contributed by atoms with Crippen LogP contribution in [0, 0.1) is 5.82 Å². The van der Waals surface area contributed by atoms with Gasteiger partial charge in [0.05, 0.1) is 10.6 Å². The van der Waals surface area contributed by atoms with Crippen molar-refractivity contribution in [3.8, 4) is 0 Å². The van der Waals surface area contributed by atoms with Crippen molar-refractivity contribution < 1.29 is 9.18 Å². The number of nitrogens with zero attached hydrogens (tertiary/aromatic N) is 1. The third kappa shape index (κ3) is 2.23. The van der Waals surface area contributed by atoms with Crippen molar-refractivity contribution in [3.63, 3.8) is 0 Å². The Morgan fingerprint density at radius 2 is 1.89 bits per heavy atom. The van der Waals surface area contributed by atoms with Crippen LogP contribution in [-0.2, 0) is 0 Å². The number of rotatable bonds is 1. The number of halogens is 3. The third-order valence-corrected chi connectivity index (χ3v) is 4.83. The maximum absolute atomic E-state index is 13.5. The summed E-state index contributed by atoms with van der Waals surface area (Å²) in [5, 5.41) is 0.0597. The Bertz CT molecular complexity index is 508. The van der Waals surface area contributed by atoms with E-state index >= 15 is 0 Å². The molecule has 0 N–H and O–H groups in total. The molecule has 2 bridgehead atoms. The number of alkyl halides is 1. The molecule has 2 nitrogen and oxygen atoms in total. The molecule has 0 aliphatic carbocycles. The summed E-state index contributed by atoms with van der Waals surface area (Å²) >= 11 is 12.1. The van der Waals surface area contributed by atoms with Crippen LogP contribution in [0.1, 0.15) is 36.0 Å². The SMILES string of the molecule is O=C(c1cccc(F)c1Cl)N1C2CCC1CC(Cl)C2. The number of carbonyl (C=O) groups excluding carboxylic acids is 1. The van der Waals surface area contributed by atoms with Gasteiger partial charge >= 0.3 is 0 Å². The van der Waals surface area contributed by atoms with Crippen molar-refractivity contribution in [1.29, 1.82) is 0 Å². The average molecular weight is 302 g/mol. The van der Waals surface area contributed by atoms with E-state index in [-0.39, 0.29) is 34.0 Å². The largest absolute Gasteiger partial charge is 0.333 e. The number of hydrogen-bond donors (Lipinski definition) is 0. The zero-order valence-electron chi connectivity index (χ0n) is 10.3. The molecule has 0 radical (unpaired) electrons. The maximum atomic E-state index is 13.5. The first-order valence-corrected chi connectivity index (χ1v) is 7.30. The van der Waals surface area contributed by atoms with Crippen LogP contribution in [0.2, 0.25) is 5.02 Å². The summed E-state index contributed by atoms with van der Waals surface area (Å²) in [4.78, 5) is 14.4. The van der Waals surface area contributed by atoms with Crippen LogP contribution in [-0.4, -0.2) is 28.3 Å². The van der Waals surface area contributed by atoms with Gasteiger partial charge in [0.2, 0.25) is 0 Å². The highest BCUT2D eigenvalue weighted by molar-refractivity contribution is 6.34. The normalized spacial score (nSPS) is 29.6. The highest BCUT2D eigenvalue weighted by Crippen LogP contribution is 2.39. The molecule has 19 heavy (non-hydrogen) atoms. The van der Waals surface area contributed by atoms with E-state index in [1.54, 1.807) is 6.07 Å². The van der Waals surface area contributed by atoms with Gasteiger partial charge in [0.1, 0.15) is 5.82 Å². The molecule has 1 aromatic carbocycles. The minimum atomic E-state index is -0.549. The smallest absolute Gasteiger partial charge is 0.255 e. The zero-order valence-corrected chi connectivity index (χ0v) is 11.8. The van der Waals surface area contributed by atoms with Gasteiger partial charge in [-0.25, -0.2) is 4.39 Å². The number of amides is 1. The fourth-order valence-electron chi connectivity index (χ4n) is 3.25. The van der Waals surface area contributed by atoms with Crippen molar-refractivity contribution in [2.75, 3.05) is 0 Å². The first-order valence-electron chi connectivity index (χ1n) is 6.48. The van der Waals surface area contributed by atoms with Gasteiger partial charge in [-0.3, -0.25) is 4.79 Å². The van der Waals surface area contributed by atoms with Crippen LogP contribution in [0.3, 0.4) is 0 Å². The van der Waals surface area contributed by atoms with Crippen molar-refractivity contribution >= 4 is 29.1 Å². The molecule has 2 saturated heterocycles. The molecule has 2 heterocycles. The van der Waals surface area contributed by atoms with Crippen LogP contribution in [0.25, 0.3) is 0 Å². The quantitative estimate of drug-likeness (QED) is 0.722. The van der Waals surface area contributed by atoms with Gasteiger partial charge in [-0.15, -0.1) is 11.6 Å². The number of piperidine rings is 1. The number of benzene rings is 1. The molecule has 3 rings (SSSR count). The molecular formula is C14H14Cl2FNO. The maximum Gasteiger partial charge on any atom is 0.255 e. The van der Waals surface area contributed by atoms with Crippen LogP contribution >= 0.6 is 23.2 Å². The Morgan fingerprint density at radius 1 is 1.26 bits per heavy atom. The monoisotopic (exact) mass is 301 g/mol. The average Bonchev–Trinajstić information content (AvgIpc) is 2.64. The minimum absolute atomic E-state index is 0.0834. The van der Waals surface area contributed by atoms with Gasteiger partial charge in [-0.2, -0.15) is 0 Å². The number of fused-ring (bicyclic) bond motifs is 2. The Hall–Kier alpha value is -0.800. The van der Waals surface area contributed by atoms with Gasteiger partial charge in [0, 0.05) is 17.5 Å². The van der Waals surface area contributed by atoms with Crippen molar-refractivity contribution in [3.05, 3.63) is 34.6 Å². The van der Waals surface area contributed by atoms with E-state index in [0.717, 1.165) is 25.7 Å². The van der Waals surface area contributed by atoms with Gasteiger partial charge < -0.3 is 4.90 Å². The predicted octanol–water partition coefficient (Wildman–Crippen LogP) is 3.85. The first-order chi connectivity index (χ1) is 9.08. The summed E-state index contributed by atoms with van der Waals surface area (Å²) in [5.41, 5.74) is 0.256. The summed E-state index contributed by atoms with van der Waals surface area (Å²) in [7, 11) is 0. The Labute approximate surface area is 121 Å². The lowest BCUT2D eigenvalue weighted by Crippen LogP contribution is -2.47. The summed E-state index contributed by atoms with van der Waals surface area (Å²) in [6.45, 7) is 0. The molecule has 2 unspecified atom stereocenters. The molecule has 1 aromatic rings. The van der Waals surface area contributed by atoms with Crippen LogP contribution in [0.5, 0.6) is 0 Å². The van der Waals surface area contributed by atoms with Crippen LogP contribution in [0.15, 0.2) is 18.2 Å². The lowest BCUT2D eigenvalue weighted by Gasteiger charge is -2.37. The molecule has 5 heteroatoms. The lowest BCUT2D eigenvalue weighted by atomic mass is 10.0. The van der Waals surface area contributed by atoms with Gasteiger partial charge in [-0.1, -0.05) is 17.7 Å². The molecular weight excluding hydrogens is 288 g/mol. The van der Waals surface area contributed by atoms with Crippen molar-refractivity contribution in [2.45, 2.75) is 43.1 Å². The second-order valence-corrected chi connectivity index (χ2v) is 6.26. The standard InChI is InChI=1S/C14H14Cl2FNO/c15-8-6-9-4-5-10(7-8)18(9)14(19)11-2-1-3-12(17)13(11)16/h1-3,8-10H,4-7H2. The summed E-state index contributed by atoms with van der Waals surface area (Å²) in [5.74, 6) is -0.715. The van der Waals surface area contributed by atoms with Gasteiger partial charge in [-0.05, 0) is 37.8 Å². The lowest BCUT2D eigenvalue weighted by molar-refractivity contribution is 0.0599. The van der Waals surface area contributed by atoms with E-state index in [2.05, 4.69) is 0 Å². The summed E-state index contributed by atoms with van der Waals surface area (Å²) in [6, 6.07) is 4.71. The van der Waals surface area contributed by atoms with Crippen molar-refractivity contribution in [2.24, 2.45) is 0 Å². The van der Waals surface area contributed by atoms with E-state index in [0.29, 0.717) is 0 Å². The second-order valence-electron chi connectivity index (χ2n) is 5.27. The van der Waals surface area contributed by atoms with E-state index in [9.17, 15) is 9.18 Å². The molecule has 0 aromatic heterocycles. The molecule has 1 amide bonds. The first kappa shape index (κ1) is 13.2. The predicted molar refractivity (Wildman–Crippen MR) is 73.3 cm³/mol. The molecule has 2 atom stereocenters. The van der Waals surface area contributed by atoms with Gasteiger partial charge in [0.15, 0.2) is 0 Å². The van der Waals surface area contributed by atoms with E-state index in [4.69, 9.17) is 23.2 Å². The minimum Gasteiger partial charge on any atom is -0.333 e. The second kappa shape index (κ2) is 4.95. The van der Waals surface area contributed by atoms with E-state index in [1.165, 1.54) is 12.1 Å². The molecule has 2 aliphatic rings. The Balaban J connectivity index is 1.91. The topological polar surface area (TPSA) is 20.3 Å². The molecule has 102 valence electrons. The fraction of sp³-hybridized carbons (Fsp3) is 0.500. The Kier molecular flexibility index (Phi) is 3.44.